The van der Waals surface area contributed by atoms with Crippen molar-refractivity contribution in [2.24, 2.45) is 5.92 Å². The summed E-state index contributed by atoms with van der Waals surface area (Å²) in [5.74, 6) is 1.69. The first-order valence-electron chi connectivity index (χ1n) is 17.9. The molecule has 5 aromatic carbocycles. The van der Waals surface area contributed by atoms with Crippen LogP contribution in [-0.2, 0) is 6.42 Å². The van der Waals surface area contributed by atoms with Crippen LogP contribution in [0.15, 0.2) is 115 Å². The topological polar surface area (TPSA) is 30.7 Å². The lowest BCUT2D eigenvalue weighted by Crippen LogP contribution is -2.04. The van der Waals surface area contributed by atoms with Crippen LogP contribution < -0.4 is 0 Å². The first kappa shape index (κ1) is 29.4. The van der Waals surface area contributed by atoms with E-state index in [1.807, 2.05) is 22.7 Å². The molecule has 5 heteroatoms. The fourth-order valence-corrected chi connectivity index (χ4v) is 11.2. The Morgan fingerprint density at radius 3 is 2.29 bits per heavy atom. The van der Waals surface area contributed by atoms with Crippen LogP contribution in [0.5, 0.6) is 0 Å². The van der Waals surface area contributed by atoms with E-state index in [4.69, 9.17) is 9.97 Å². The molecule has 0 spiro atoms. The van der Waals surface area contributed by atoms with Gasteiger partial charge in [0.15, 0.2) is 0 Å². The van der Waals surface area contributed by atoms with Gasteiger partial charge in [-0.25, -0.2) is 9.97 Å². The Morgan fingerprint density at radius 2 is 1.43 bits per heavy atom. The Hall–Kier alpha value is -5.36. The van der Waals surface area contributed by atoms with E-state index in [1.165, 1.54) is 69.2 Å². The van der Waals surface area contributed by atoms with Gasteiger partial charge in [-0.05, 0) is 70.3 Å². The lowest BCUT2D eigenvalue weighted by molar-refractivity contribution is 0.724. The first-order chi connectivity index (χ1) is 25.1. The van der Waals surface area contributed by atoms with E-state index in [2.05, 4.69) is 146 Å². The summed E-state index contributed by atoms with van der Waals surface area (Å²) < 4.78 is 4.87. The molecule has 0 aliphatic heterocycles. The Labute approximate surface area is 303 Å². The molecule has 244 valence electrons. The summed E-state index contributed by atoms with van der Waals surface area (Å²) in [5, 5.41) is 6.53. The van der Waals surface area contributed by atoms with Crippen LogP contribution >= 0.6 is 22.7 Å². The number of thiophene rings is 2. The molecule has 2 aliphatic rings. The smallest absolute Gasteiger partial charge is 0.235 e. The zero-order chi connectivity index (χ0) is 33.8. The fourth-order valence-electron chi connectivity index (χ4n) is 8.56. The van der Waals surface area contributed by atoms with Gasteiger partial charge in [-0.15, -0.1) is 22.7 Å². The quantitative estimate of drug-likeness (QED) is 0.185. The molecule has 2 atom stereocenters. The van der Waals surface area contributed by atoms with Crippen LogP contribution in [0.2, 0.25) is 0 Å². The van der Waals surface area contributed by atoms with E-state index in [-0.39, 0.29) is 0 Å². The number of allylic oxidation sites excluding steroid dienone is 2. The van der Waals surface area contributed by atoms with E-state index in [9.17, 15) is 0 Å². The molecule has 4 heterocycles. The van der Waals surface area contributed by atoms with Crippen molar-refractivity contribution in [3.8, 4) is 28.3 Å². The Kier molecular flexibility index (Phi) is 6.38. The van der Waals surface area contributed by atoms with E-state index >= 15 is 0 Å². The number of hydrogen-bond donors (Lipinski definition) is 0. The van der Waals surface area contributed by atoms with Crippen LogP contribution in [0.25, 0.3) is 93.4 Å². The van der Waals surface area contributed by atoms with Crippen LogP contribution in [0.3, 0.4) is 0 Å². The number of benzene rings is 5. The monoisotopic (exact) mass is 691 g/mol. The van der Waals surface area contributed by atoms with Gasteiger partial charge in [0.1, 0.15) is 0 Å². The Morgan fingerprint density at radius 1 is 0.686 bits per heavy atom. The molecule has 0 fully saturated rings. The number of para-hydroxylation sites is 1. The Balaban J connectivity index is 1.29. The second kappa shape index (κ2) is 11.1. The second-order valence-electron chi connectivity index (χ2n) is 14.2. The first-order valence-corrected chi connectivity index (χ1v) is 19.5. The SMILES string of the molecule is CC1C=Cc2sc3c(c2C1)c1ccccc1c1c2ccccc2n(-c2nc(-c4cccc(-c5ccccc5)c4)c4sc5c(c4n2)C=CCC5C)c31. The number of rotatable bonds is 3. The average Bonchev–Trinajstić information content (AvgIpc) is 3.86. The zero-order valence-corrected chi connectivity index (χ0v) is 30.0. The van der Waals surface area contributed by atoms with Crippen molar-refractivity contribution >= 4 is 87.7 Å². The van der Waals surface area contributed by atoms with Crippen molar-refractivity contribution in [3.63, 3.8) is 0 Å². The average molecular weight is 692 g/mol. The van der Waals surface area contributed by atoms with Gasteiger partial charge < -0.3 is 0 Å². The standard InChI is InChI=1S/C46H33N3S2/c1-26-22-23-37-35(24-26)39-32-18-7-6-17-31(32)38-33-19-8-9-21-36(33)49(42(38)44(39)50-37)46-47-40(30-16-11-15-29(25-30)28-13-4-3-5-14-28)45-41(48-46)34-20-10-12-27(2)43(34)51-45/h3-11,13-23,25-27H,12,24H2,1-2H3. The van der Waals surface area contributed by atoms with Gasteiger partial charge in [-0.1, -0.05) is 123 Å². The molecule has 0 saturated carbocycles. The Bertz CT molecular complexity index is 2960. The highest BCUT2D eigenvalue weighted by Gasteiger charge is 2.28. The van der Waals surface area contributed by atoms with Crippen molar-refractivity contribution in [2.45, 2.75) is 32.6 Å². The maximum atomic E-state index is 5.63. The van der Waals surface area contributed by atoms with Gasteiger partial charge >= 0.3 is 0 Å². The number of fused-ring (bicyclic) bond motifs is 13. The largest absolute Gasteiger partial charge is 0.276 e. The molecule has 4 aromatic heterocycles. The van der Waals surface area contributed by atoms with Crippen LogP contribution in [0, 0.1) is 5.92 Å². The number of aromatic nitrogens is 3. The van der Waals surface area contributed by atoms with Crippen LogP contribution in [-0.4, -0.2) is 14.5 Å². The van der Waals surface area contributed by atoms with E-state index in [1.54, 1.807) is 0 Å². The van der Waals surface area contributed by atoms with E-state index < -0.39 is 0 Å². The molecule has 2 unspecified atom stereocenters. The summed E-state index contributed by atoms with van der Waals surface area (Å²) in [6, 6.07) is 37.4. The fraction of sp³-hybridized carbons (Fsp3) is 0.130. The van der Waals surface area contributed by atoms with Gasteiger partial charge in [0, 0.05) is 37.0 Å². The molecule has 2 aliphatic carbocycles. The molecule has 51 heavy (non-hydrogen) atoms. The highest BCUT2D eigenvalue weighted by atomic mass is 32.1. The zero-order valence-electron chi connectivity index (χ0n) is 28.4. The number of hydrogen-bond acceptors (Lipinski definition) is 4. The summed E-state index contributed by atoms with van der Waals surface area (Å²) in [7, 11) is 0. The van der Waals surface area contributed by atoms with E-state index in [0.717, 1.165) is 45.8 Å². The summed E-state index contributed by atoms with van der Waals surface area (Å²) >= 11 is 3.80. The van der Waals surface area contributed by atoms with Gasteiger partial charge in [0.05, 0.1) is 31.6 Å². The lowest BCUT2D eigenvalue weighted by Gasteiger charge is -2.14. The lowest BCUT2D eigenvalue weighted by atomic mass is 9.90. The maximum absolute atomic E-state index is 5.63. The third kappa shape index (κ3) is 4.28. The van der Waals surface area contributed by atoms with Crippen molar-refractivity contribution in [1.29, 1.82) is 0 Å². The molecular weight excluding hydrogens is 659 g/mol. The van der Waals surface area contributed by atoms with Crippen LogP contribution in [0.4, 0.5) is 0 Å². The van der Waals surface area contributed by atoms with Crippen molar-refractivity contribution < 1.29 is 0 Å². The molecule has 0 radical (unpaired) electrons. The van der Waals surface area contributed by atoms with Gasteiger partial charge in [-0.3, -0.25) is 4.57 Å². The van der Waals surface area contributed by atoms with E-state index in [0.29, 0.717) is 11.8 Å². The van der Waals surface area contributed by atoms with Crippen molar-refractivity contribution in [3.05, 3.63) is 136 Å². The summed E-state index contributed by atoms with van der Waals surface area (Å²) in [5.41, 5.74) is 10.6. The predicted molar refractivity (Wildman–Crippen MR) is 219 cm³/mol. The molecule has 0 saturated heterocycles. The van der Waals surface area contributed by atoms with Gasteiger partial charge in [0.2, 0.25) is 5.95 Å². The third-order valence-electron chi connectivity index (χ3n) is 10.9. The van der Waals surface area contributed by atoms with Crippen molar-refractivity contribution in [1.82, 2.24) is 14.5 Å². The minimum atomic E-state index is 0.447. The van der Waals surface area contributed by atoms with Crippen LogP contribution in [0.1, 0.15) is 47.1 Å². The summed E-state index contributed by atoms with van der Waals surface area (Å²) in [6.45, 7) is 4.67. The molecule has 0 N–H and O–H groups in total. The summed E-state index contributed by atoms with van der Waals surface area (Å²) in [4.78, 5) is 14.0. The molecule has 3 nitrogen and oxygen atoms in total. The highest BCUT2D eigenvalue weighted by Crippen LogP contribution is 2.49. The maximum Gasteiger partial charge on any atom is 0.235 e. The molecular formula is C46H33N3S2. The molecule has 11 rings (SSSR count). The predicted octanol–water partition coefficient (Wildman–Crippen LogP) is 13.2. The normalized spacial score (nSPS) is 16.9. The summed E-state index contributed by atoms with van der Waals surface area (Å²) in [6.07, 6.45) is 11.4. The molecule has 0 bridgehead atoms. The van der Waals surface area contributed by atoms with Gasteiger partial charge in [-0.2, -0.15) is 0 Å². The minimum Gasteiger partial charge on any atom is -0.276 e. The van der Waals surface area contributed by atoms with Crippen molar-refractivity contribution in [2.75, 3.05) is 0 Å². The van der Waals surface area contributed by atoms with Gasteiger partial charge in [0.25, 0.3) is 0 Å². The second-order valence-corrected chi connectivity index (χ2v) is 16.3. The highest BCUT2D eigenvalue weighted by molar-refractivity contribution is 7.21. The minimum absolute atomic E-state index is 0.447. The number of nitrogens with zero attached hydrogens (tertiary/aromatic N) is 3. The molecule has 0 amide bonds. The third-order valence-corrected chi connectivity index (χ3v) is 13.6. The molecule has 9 aromatic rings.